The molecule has 13 heteroatoms. The molecule has 4 rings (SSSR count). The number of hydrogen-bond acceptors (Lipinski definition) is 8. The average molecular weight is 535 g/mol. The summed E-state index contributed by atoms with van der Waals surface area (Å²) in [5, 5.41) is 20.6. The Balaban J connectivity index is 0.00000186. The lowest BCUT2D eigenvalue weighted by Crippen LogP contribution is -2.43. The van der Waals surface area contributed by atoms with Crippen molar-refractivity contribution in [2.45, 2.75) is 51.4 Å². The molecule has 0 bridgehead atoms. The van der Waals surface area contributed by atoms with Crippen LogP contribution >= 0.6 is 7.82 Å². The van der Waals surface area contributed by atoms with Gasteiger partial charge in [-0.15, -0.1) is 0 Å². The maximum Gasteiger partial charge on any atom is 0.469 e. The van der Waals surface area contributed by atoms with E-state index in [9.17, 15) is 24.4 Å². The van der Waals surface area contributed by atoms with Gasteiger partial charge in [0.05, 0.1) is 18.8 Å². The molecule has 4 N–H and O–H groups in total. The second kappa shape index (κ2) is 12.5. The summed E-state index contributed by atoms with van der Waals surface area (Å²) in [5.74, 6) is 0. The molecule has 200 valence electrons. The monoisotopic (exact) mass is 535 g/mol. The second-order valence-corrected chi connectivity index (χ2v) is 9.32. The minimum Gasteiger partial charge on any atom is -0.387 e. The predicted molar refractivity (Wildman–Crippen MR) is 133 cm³/mol. The van der Waals surface area contributed by atoms with Crippen LogP contribution in [-0.4, -0.2) is 59.0 Å². The van der Waals surface area contributed by atoms with Crippen LogP contribution in [0, 0.1) is 0 Å². The zero-order chi connectivity index (χ0) is 27.2. The Kier molecular flexibility index (Phi) is 9.68. The Hall–Kier alpha value is -2.96. The van der Waals surface area contributed by atoms with E-state index >= 15 is 0 Å². The van der Waals surface area contributed by atoms with Crippen molar-refractivity contribution in [1.82, 2.24) is 14.1 Å². The smallest absolute Gasteiger partial charge is 0.387 e. The lowest BCUT2D eigenvalue weighted by atomic mass is 10.1. The van der Waals surface area contributed by atoms with Crippen LogP contribution in [0.4, 0.5) is 0 Å². The first-order valence-corrected chi connectivity index (χ1v) is 13.2. The van der Waals surface area contributed by atoms with Gasteiger partial charge in [-0.2, -0.15) is 0 Å². The molecule has 1 aliphatic rings. The van der Waals surface area contributed by atoms with Gasteiger partial charge in [-0.1, -0.05) is 44.2 Å². The minimum atomic E-state index is -4.84. The Bertz CT molecular complexity index is 1340. The highest BCUT2D eigenvalue weighted by atomic mass is 31.2. The van der Waals surface area contributed by atoms with Crippen LogP contribution < -0.4 is 11.2 Å². The SMILES string of the molecule is CC.O=c1ccn(C2OC(COP(=O)(O)O)C(O)C2O)c(=O)n1Cc1cc(Cc2ccccc2)ccn1. The standard InChI is InChI=1S/C22H24N3O9P.C2H6/c26-18-7-9-24(21-20(28)19(27)17(34-21)13-33-35(30,31)32)22(29)25(18)12-16-11-15(6-8-23-16)10-14-4-2-1-3-5-14;1-2/h1-9,11,17,19-21,27-28H,10,12-13H2,(H2,30,31,32);1-2H3. The Morgan fingerprint density at radius 1 is 1.03 bits per heavy atom. The highest BCUT2D eigenvalue weighted by Crippen LogP contribution is 2.38. The lowest BCUT2D eigenvalue weighted by Gasteiger charge is -2.18. The highest BCUT2D eigenvalue weighted by Gasteiger charge is 2.45. The zero-order valence-corrected chi connectivity index (χ0v) is 21.2. The van der Waals surface area contributed by atoms with Gasteiger partial charge in [-0.3, -0.25) is 23.4 Å². The van der Waals surface area contributed by atoms with Crippen LogP contribution in [0.25, 0.3) is 0 Å². The molecule has 1 aromatic carbocycles. The van der Waals surface area contributed by atoms with E-state index in [2.05, 4.69) is 9.51 Å². The third kappa shape index (κ3) is 7.30. The first kappa shape index (κ1) is 28.6. The molecule has 0 radical (unpaired) electrons. The van der Waals surface area contributed by atoms with Crippen LogP contribution in [-0.2, 0) is 26.8 Å². The van der Waals surface area contributed by atoms with Gasteiger partial charge in [0.25, 0.3) is 5.56 Å². The van der Waals surface area contributed by atoms with Gasteiger partial charge in [-0.25, -0.2) is 9.36 Å². The molecule has 3 heterocycles. The third-order valence-corrected chi connectivity index (χ3v) is 6.05. The normalized spacial score (nSPS) is 21.4. The zero-order valence-electron chi connectivity index (χ0n) is 20.3. The number of hydrogen-bond donors (Lipinski definition) is 4. The molecule has 0 spiro atoms. The lowest BCUT2D eigenvalue weighted by molar-refractivity contribution is -0.0548. The molecular formula is C24H30N3O9P. The number of nitrogens with zero attached hydrogens (tertiary/aromatic N) is 3. The fourth-order valence-electron chi connectivity index (χ4n) is 3.86. The number of aromatic nitrogens is 3. The number of aliphatic hydroxyl groups excluding tert-OH is 2. The van der Waals surface area contributed by atoms with Gasteiger partial charge < -0.3 is 24.7 Å². The van der Waals surface area contributed by atoms with E-state index in [4.69, 9.17) is 14.5 Å². The van der Waals surface area contributed by atoms with Crippen LogP contribution in [0.3, 0.4) is 0 Å². The van der Waals surface area contributed by atoms with E-state index in [0.29, 0.717) is 12.1 Å². The summed E-state index contributed by atoms with van der Waals surface area (Å²) < 4.78 is 22.6. The molecule has 4 unspecified atom stereocenters. The van der Waals surface area contributed by atoms with Crippen LogP contribution in [0.5, 0.6) is 0 Å². The number of benzene rings is 1. The maximum atomic E-state index is 13.1. The summed E-state index contributed by atoms with van der Waals surface area (Å²) in [7, 11) is -4.84. The summed E-state index contributed by atoms with van der Waals surface area (Å²) in [4.78, 5) is 47.5. The quantitative estimate of drug-likeness (QED) is 0.302. The molecule has 2 aromatic heterocycles. The summed E-state index contributed by atoms with van der Waals surface area (Å²) in [6, 6.07) is 14.5. The molecule has 1 aliphatic heterocycles. The number of aliphatic hydroxyl groups is 2. The summed E-state index contributed by atoms with van der Waals surface area (Å²) in [5.41, 5.74) is 1.08. The van der Waals surface area contributed by atoms with Gasteiger partial charge in [0.1, 0.15) is 18.3 Å². The molecule has 12 nitrogen and oxygen atoms in total. The van der Waals surface area contributed by atoms with E-state index in [0.717, 1.165) is 32.5 Å². The molecule has 3 aromatic rings. The van der Waals surface area contributed by atoms with Crippen LogP contribution in [0.2, 0.25) is 0 Å². The molecule has 0 saturated carbocycles. The van der Waals surface area contributed by atoms with E-state index in [1.165, 1.54) is 0 Å². The van der Waals surface area contributed by atoms with Crippen molar-refractivity contribution in [3.8, 4) is 0 Å². The molecule has 37 heavy (non-hydrogen) atoms. The third-order valence-electron chi connectivity index (χ3n) is 5.57. The Morgan fingerprint density at radius 2 is 1.73 bits per heavy atom. The van der Waals surface area contributed by atoms with Crippen molar-refractivity contribution in [2.75, 3.05) is 6.61 Å². The van der Waals surface area contributed by atoms with Crippen molar-refractivity contribution in [3.63, 3.8) is 0 Å². The molecule has 1 saturated heterocycles. The van der Waals surface area contributed by atoms with E-state index < -0.39 is 50.2 Å². The number of phosphoric acid groups is 1. The largest absolute Gasteiger partial charge is 0.469 e. The fourth-order valence-corrected chi connectivity index (χ4v) is 4.20. The molecular weight excluding hydrogens is 505 g/mol. The second-order valence-electron chi connectivity index (χ2n) is 8.08. The van der Waals surface area contributed by atoms with Gasteiger partial charge in [0.15, 0.2) is 6.23 Å². The van der Waals surface area contributed by atoms with Crippen LogP contribution in [0.15, 0.2) is 70.5 Å². The van der Waals surface area contributed by atoms with Gasteiger partial charge in [-0.05, 0) is 29.7 Å². The predicted octanol–water partition coefficient (Wildman–Crippen LogP) is 0.799. The van der Waals surface area contributed by atoms with E-state index in [-0.39, 0.29) is 6.54 Å². The van der Waals surface area contributed by atoms with Gasteiger partial charge in [0.2, 0.25) is 0 Å². The molecule has 4 atom stereocenters. The van der Waals surface area contributed by atoms with Crippen molar-refractivity contribution in [3.05, 3.63) is 98.6 Å². The Morgan fingerprint density at radius 3 is 2.41 bits per heavy atom. The molecule has 0 amide bonds. The number of pyridine rings is 1. The van der Waals surface area contributed by atoms with Crippen LogP contribution in [0.1, 0.15) is 36.9 Å². The average Bonchev–Trinajstić information content (AvgIpc) is 3.15. The Labute approximate surface area is 212 Å². The van der Waals surface area contributed by atoms with Crippen molar-refractivity contribution < 1.29 is 33.8 Å². The number of ether oxygens (including phenoxy) is 1. The summed E-state index contributed by atoms with van der Waals surface area (Å²) in [6.45, 7) is 3.14. The van der Waals surface area contributed by atoms with Crippen molar-refractivity contribution >= 4 is 7.82 Å². The molecule has 1 fully saturated rings. The summed E-state index contributed by atoms with van der Waals surface area (Å²) in [6.07, 6.45) is -2.58. The van der Waals surface area contributed by atoms with E-state index in [1.807, 2.05) is 50.2 Å². The first-order chi connectivity index (χ1) is 17.6. The van der Waals surface area contributed by atoms with E-state index in [1.54, 1.807) is 12.3 Å². The summed E-state index contributed by atoms with van der Waals surface area (Å²) >= 11 is 0. The van der Waals surface area contributed by atoms with Gasteiger partial charge >= 0.3 is 13.5 Å². The number of rotatable bonds is 8. The van der Waals surface area contributed by atoms with Crippen molar-refractivity contribution in [2.24, 2.45) is 0 Å². The van der Waals surface area contributed by atoms with Gasteiger partial charge in [0, 0.05) is 18.5 Å². The topological polar surface area (TPSA) is 173 Å². The van der Waals surface area contributed by atoms with Crippen molar-refractivity contribution in [1.29, 1.82) is 0 Å². The fraction of sp³-hybridized carbons (Fsp3) is 0.375. The first-order valence-electron chi connectivity index (χ1n) is 11.6. The highest BCUT2D eigenvalue weighted by molar-refractivity contribution is 7.46. The number of phosphoric ester groups is 1. The maximum absolute atomic E-state index is 13.1. The minimum absolute atomic E-state index is 0.142. The molecule has 0 aliphatic carbocycles.